The van der Waals surface area contributed by atoms with E-state index < -0.39 is 0 Å². The van der Waals surface area contributed by atoms with Gasteiger partial charge in [0.2, 0.25) is 5.91 Å². The van der Waals surface area contributed by atoms with Gasteiger partial charge in [0.05, 0.1) is 6.04 Å². The summed E-state index contributed by atoms with van der Waals surface area (Å²) < 4.78 is 0. The van der Waals surface area contributed by atoms with Gasteiger partial charge in [-0.2, -0.15) is 0 Å². The minimum Gasteiger partial charge on any atom is -0.348 e. The van der Waals surface area contributed by atoms with Gasteiger partial charge >= 0.3 is 0 Å². The lowest BCUT2D eigenvalue weighted by molar-refractivity contribution is -0.123. The highest BCUT2D eigenvalue weighted by Crippen LogP contribution is 2.21. The van der Waals surface area contributed by atoms with Crippen LogP contribution in [0.3, 0.4) is 0 Å². The summed E-state index contributed by atoms with van der Waals surface area (Å²) in [6, 6.07) is 3.70. The predicted octanol–water partition coefficient (Wildman–Crippen LogP) is 0.360. The number of amides is 1. The lowest BCUT2D eigenvalue weighted by atomic mass is 9.94. The van der Waals surface area contributed by atoms with Crippen LogP contribution in [0.5, 0.6) is 0 Å². The summed E-state index contributed by atoms with van der Waals surface area (Å²) in [6.07, 6.45) is 4.72. The smallest absolute Gasteiger partial charge is 0.220 e. The molecule has 14 heavy (non-hydrogen) atoms. The number of nitrogens with zero attached hydrogens (tertiary/aromatic N) is 1. The largest absolute Gasteiger partial charge is 0.348 e. The molecule has 4 nitrogen and oxygen atoms in total. The van der Waals surface area contributed by atoms with E-state index in [1.807, 2.05) is 12.1 Å². The van der Waals surface area contributed by atoms with Crippen LogP contribution in [0.2, 0.25) is 0 Å². The van der Waals surface area contributed by atoms with Crippen molar-refractivity contribution in [3.63, 3.8) is 0 Å². The number of piperidine rings is 1. The maximum atomic E-state index is 11.2. The van der Waals surface area contributed by atoms with Crippen molar-refractivity contribution in [1.29, 1.82) is 0 Å². The van der Waals surface area contributed by atoms with Gasteiger partial charge in [0.1, 0.15) is 0 Å². The molecule has 74 valence electrons. The highest BCUT2D eigenvalue weighted by molar-refractivity contribution is 5.77. The summed E-state index contributed by atoms with van der Waals surface area (Å²) in [5, 5.41) is 2.88. The fourth-order valence-corrected chi connectivity index (χ4v) is 1.71. The molecule has 0 aromatic carbocycles. The Bertz CT molecular complexity index is 325. The molecule has 4 heteroatoms. The third-order valence-electron chi connectivity index (χ3n) is 2.49. The maximum absolute atomic E-state index is 11.2. The molecule has 1 aliphatic heterocycles. The van der Waals surface area contributed by atoms with Gasteiger partial charge < -0.3 is 11.1 Å². The lowest BCUT2D eigenvalue weighted by Gasteiger charge is -2.29. The van der Waals surface area contributed by atoms with Crippen LogP contribution in [-0.4, -0.2) is 16.9 Å². The second-order valence-electron chi connectivity index (χ2n) is 3.53. The number of rotatable bonds is 1. The number of carbonyl (C=O) groups is 1. The fourth-order valence-electron chi connectivity index (χ4n) is 1.71. The zero-order valence-corrected chi connectivity index (χ0v) is 7.81. The van der Waals surface area contributed by atoms with Crippen LogP contribution in [0.25, 0.3) is 0 Å². The summed E-state index contributed by atoms with van der Waals surface area (Å²) in [4.78, 5) is 15.2. The molecule has 2 rings (SSSR count). The Hall–Kier alpha value is -1.42. The molecule has 3 N–H and O–H groups in total. The first kappa shape index (κ1) is 9.15. The Labute approximate surface area is 82.5 Å². The zero-order chi connectivity index (χ0) is 9.97. The van der Waals surface area contributed by atoms with Crippen LogP contribution in [0.1, 0.15) is 24.4 Å². The van der Waals surface area contributed by atoms with E-state index in [2.05, 4.69) is 10.3 Å². The van der Waals surface area contributed by atoms with E-state index in [-0.39, 0.29) is 18.0 Å². The second-order valence-corrected chi connectivity index (χ2v) is 3.53. The van der Waals surface area contributed by atoms with Crippen molar-refractivity contribution in [1.82, 2.24) is 10.3 Å². The first-order valence-corrected chi connectivity index (χ1v) is 4.72. The lowest BCUT2D eigenvalue weighted by Crippen LogP contribution is -2.45. The Morgan fingerprint density at radius 2 is 2.43 bits per heavy atom. The number of hydrogen-bond donors (Lipinski definition) is 2. The molecule has 1 aromatic heterocycles. The number of hydrogen-bond acceptors (Lipinski definition) is 3. The minimum atomic E-state index is -0.0788. The number of carbonyl (C=O) groups excluding carboxylic acids is 1. The number of aromatic nitrogens is 1. The molecule has 0 aliphatic carbocycles. The summed E-state index contributed by atoms with van der Waals surface area (Å²) in [6.45, 7) is 0. The molecule has 2 atom stereocenters. The van der Waals surface area contributed by atoms with Gasteiger partial charge in [-0.3, -0.25) is 9.78 Å². The Kier molecular flexibility index (Phi) is 2.45. The second kappa shape index (κ2) is 3.75. The van der Waals surface area contributed by atoms with Gasteiger partial charge in [0.15, 0.2) is 0 Å². The molecule has 1 saturated heterocycles. The molecule has 0 saturated carbocycles. The standard InChI is InChI=1S/C10H13N3O/c11-8-3-4-9(14)13-10(8)7-2-1-5-12-6-7/h1-2,5-6,8,10H,3-4,11H2,(H,13,14)/t8-,10+/m0/s1. The van der Waals surface area contributed by atoms with Crippen molar-refractivity contribution < 1.29 is 4.79 Å². The SMILES string of the molecule is N[C@H]1CCC(=O)N[C@@H]1c1cccnc1. The van der Waals surface area contributed by atoms with E-state index in [1.165, 1.54) is 0 Å². The maximum Gasteiger partial charge on any atom is 0.220 e. The van der Waals surface area contributed by atoms with Crippen LogP contribution in [0.15, 0.2) is 24.5 Å². The monoisotopic (exact) mass is 191 g/mol. The molecule has 1 aliphatic rings. The van der Waals surface area contributed by atoms with E-state index in [0.29, 0.717) is 6.42 Å². The third-order valence-corrected chi connectivity index (χ3v) is 2.49. The average Bonchev–Trinajstić information content (AvgIpc) is 2.23. The Morgan fingerprint density at radius 3 is 3.14 bits per heavy atom. The van der Waals surface area contributed by atoms with Crippen LogP contribution in [0.4, 0.5) is 0 Å². The van der Waals surface area contributed by atoms with E-state index in [1.54, 1.807) is 12.4 Å². The zero-order valence-electron chi connectivity index (χ0n) is 7.81. The topological polar surface area (TPSA) is 68.0 Å². The first-order chi connectivity index (χ1) is 6.77. The van der Waals surface area contributed by atoms with Gasteiger partial charge in [0.25, 0.3) is 0 Å². The molecule has 2 heterocycles. The predicted molar refractivity (Wildman–Crippen MR) is 52.3 cm³/mol. The van der Waals surface area contributed by atoms with Gasteiger partial charge in [-0.1, -0.05) is 6.07 Å². The molecule has 1 amide bonds. The summed E-state index contributed by atoms with van der Waals surface area (Å²) >= 11 is 0. The van der Waals surface area contributed by atoms with Crippen LogP contribution in [-0.2, 0) is 4.79 Å². The quantitative estimate of drug-likeness (QED) is 0.673. The third kappa shape index (κ3) is 1.75. The van der Waals surface area contributed by atoms with Crippen molar-refractivity contribution in [2.24, 2.45) is 5.73 Å². The molecule has 0 spiro atoms. The first-order valence-electron chi connectivity index (χ1n) is 4.72. The van der Waals surface area contributed by atoms with Gasteiger partial charge in [-0.05, 0) is 18.1 Å². The van der Waals surface area contributed by atoms with E-state index >= 15 is 0 Å². The Balaban J connectivity index is 2.20. The number of nitrogens with one attached hydrogen (secondary N) is 1. The highest BCUT2D eigenvalue weighted by atomic mass is 16.1. The van der Waals surface area contributed by atoms with Crippen molar-refractivity contribution in [3.05, 3.63) is 30.1 Å². The molecule has 1 aromatic rings. The van der Waals surface area contributed by atoms with Gasteiger partial charge in [0, 0.05) is 24.9 Å². The number of nitrogens with two attached hydrogens (primary N) is 1. The molecular weight excluding hydrogens is 178 g/mol. The molecular formula is C10H13N3O. The van der Waals surface area contributed by atoms with Crippen LogP contribution >= 0.6 is 0 Å². The molecule has 0 bridgehead atoms. The highest BCUT2D eigenvalue weighted by Gasteiger charge is 2.26. The fraction of sp³-hybridized carbons (Fsp3) is 0.400. The molecule has 0 radical (unpaired) electrons. The van der Waals surface area contributed by atoms with Crippen molar-refractivity contribution in [2.45, 2.75) is 24.9 Å². The molecule has 0 unspecified atom stereocenters. The number of pyridine rings is 1. The van der Waals surface area contributed by atoms with Gasteiger partial charge in [-0.25, -0.2) is 0 Å². The summed E-state index contributed by atoms with van der Waals surface area (Å²) in [7, 11) is 0. The van der Waals surface area contributed by atoms with Crippen molar-refractivity contribution >= 4 is 5.91 Å². The van der Waals surface area contributed by atoms with E-state index in [4.69, 9.17) is 5.73 Å². The van der Waals surface area contributed by atoms with Crippen LogP contribution < -0.4 is 11.1 Å². The van der Waals surface area contributed by atoms with Gasteiger partial charge in [-0.15, -0.1) is 0 Å². The summed E-state index contributed by atoms with van der Waals surface area (Å²) in [5.41, 5.74) is 6.91. The van der Waals surface area contributed by atoms with Crippen LogP contribution in [0, 0.1) is 0 Å². The normalized spacial score (nSPS) is 27.1. The van der Waals surface area contributed by atoms with Crippen molar-refractivity contribution in [3.8, 4) is 0 Å². The van der Waals surface area contributed by atoms with E-state index in [0.717, 1.165) is 12.0 Å². The average molecular weight is 191 g/mol. The summed E-state index contributed by atoms with van der Waals surface area (Å²) in [5.74, 6) is 0.0700. The minimum absolute atomic E-state index is 0.00287. The Morgan fingerprint density at radius 1 is 1.57 bits per heavy atom. The van der Waals surface area contributed by atoms with Crippen molar-refractivity contribution in [2.75, 3.05) is 0 Å². The molecule has 1 fully saturated rings. The van der Waals surface area contributed by atoms with E-state index in [9.17, 15) is 4.79 Å².